The van der Waals surface area contributed by atoms with Crippen molar-refractivity contribution < 1.29 is 14.7 Å². The quantitative estimate of drug-likeness (QED) is 0.579. The van der Waals surface area contributed by atoms with Crippen molar-refractivity contribution >= 4 is 40.7 Å². The molecule has 2 amide bonds. The summed E-state index contributed by atoms with van der Waals surface area (Å²) in [4.78, 5) is 38.8. The molecule has 0 aliphatic rings. The number of aromatic hydroxyl groups is 1. The fourth-order valence-corrected chi connectivity index (χ4v) is 3.10. The molecule has 0 saturated heterocycles. The number of benzene rings is 2. The minimum atomic E-state index is -0.670. The zero-order chi connectivity index (χ0) is 22.9. The van der Waals surface area contributed by atoms with Crippen molar-refractivity contribution in [3.63, 3.8) is 0 Å². The zero-order valence-electron chi connectivity index (χ0n) is 16.8. The lowest BCUT2D eigenvalue weighted by atomic mass is 10.1. The van der Waals surface area contributed by atoms with Crippen molar-refractivity contribution in [2.75, 3.05) is 19.4 Å². The van der Waals surface area contributed by atoms with Crippen LogP contribution in [0.1, 0.15) is 26.4 Å². The van der Waals surface area contributed by atoms with Crippen LogP contribution in [0.3, 0.4) is 0 Å². The first-order chi connectivity index (χ1) is 14.6. The number of aromatic nitrogens is 2. The van der Waals surface area contributed by atoms with Crippen LogP contribution in [-0.2, 0) is 0 Å². The molecule has 2 aromatic carbocycles. The predicted octanol–water partition coefficient (Wildman–Crippen LogP) is 3.51. The number of rotatable bonds is 4. The molecule has 0 radical (unpaired) electrons. The molecule has 0 bridgehead atoms. The Morgan fingerprint density at radius 1 is 1.10 bits per heavy atom. The van der Waals surface area contributed by atoms with E-state index in [4.69, 9.17) is 23.2 Å². The molecule has 31 heavy (non-hydrogen) atoms. The van der Waals surface area contributed by atoms with Gasteiger partial charge < -0.3 is 15.3 Å². The average Bonchev–Trinajstić information content (AvgIpc) is 2.71. The first-order valence-corrected chi connectivity index (χ1v) is 9.77. The highest BCUT2D eigenvalue weighted by Crippen LogP contribution is 2.29. The summed E-state index contributed by atoms with van der Waals surface area (Å²) in [5.41, 5.74) is 0.219. The first-order valence-electron chi connectivity index (χ1n) is 9.01. The number of carbonyl (C=O) groups excluding carboxylic acids is 2. The maximum Gasteiger partial charge on any atom is 0.276 e. The molecule has 0 saturated carbocycles. The lowest BCUT2D eigenvalue weighted by Gasteiger charge is -2.15. The van der Waals surface area contributed by atoms with Gasteiger partial charge in [-0.2, -0.15) is 9.78 Å². The maximum atomic E-state index is 12.9. The van der Waals surface area contributed by atoms with Crippen LogP contribution in [0.4, 0.5) is 5.69 Å². The van der Waals surface area contributed by atoms with Gasteiger partial charge in [0.1, 0.15) is 0 Å². The number of halogens is 2. The number of para-hydroxylation sites is 1. The summed E-state index contributed by atoms with van der Waals surface area (Å²) >= 11 is 11.9. The van der Waals surface area contributed by atoms with E-state index in [0.717, 1.165) is 4.68 Å². The number of nitrogens with one attached hydrogen (secondary N) is 1. The smallest absolute Gasteiger partial charge is 0.276 e. The molecule has 3 rings (SSSR count). The van der Waals surface area contributed by atoms with Gasteiger partial charge in [0.2, 0.25) is 0 Å². The summed E-state index contributed by atoms with van der Waals surface area (Å²) in [6.07, 6.45) is 0. The highest BCUT2D eigenvalue weighted by molar-refractivity contribution is 6.42. The minimum absolute atomic E-state index is 0.0335. The summed E-state index contributed by atoms with van der Waals surface area (Å²) in [7, 11) is 3.10. The van der Waals surface area contributed by atoms with Gasteiger partial charge in [-0.25, -0.2) is 0 Å². The number of hydrogen-bond donors (Lipinski definition) is 2. The van der Waals surface area contributed by atoms with Gasteiger partial charge in [0.25, 0.3) is 17.4 Å². The highest BCUT2D eigenvalue weighted by Gasteiger charge is 2.20. The third-order valence-electron chi connectivity index (χ3n) is 4.41. The van der Waals surface area contributed by atoms with E-state index in [1.807, 2.05) is 0 Å². The molecule has 8 nitrogen and oxygen atoms in total. The number of phenols is 1. The van der Waals surface area contributed by atoms with Crippen LogP contribution in [0, 0.1) is 6.92 Å². The zero-order valence-corrected chi connectivity index (χ0v) is 18.3. The molecule has 0 unspecified atom stereocenters. The topological polar surface area (TPSA) is 105 Å². The fourth-order valence-electron chi connectivity index (χ4n) is 2.81. The van der Waals surface area contributed by atoms with E-state index in [-0.39, 0.29) is 27.7 Å². The molecule has 1 aromatic heterocycles. The first kappa shape index (κ1) is 22.3. The second-order valence-corrected chi connectivity index (χ2v) is 7.69. The minimum Gasteiger partial charge on any atom is -0.505 e. The second-order valence-electron chi connectivity index (χ2n) is 6.88. The molecule has 0 atom stereocenters. The molecular formula is C21H18Cl2N4O4. The Bertz CT molecular complexity index is 1250. The van der Waals surface area contributed by atoms with Gasteiger partial charge in [0.15, 0.2) is 11.4 Å². The summed E-state index contributed by atoms with van der Waals surface area (Å²) in [5.74, 6) is -1.46. The van der Waals surface area contributed by atoms with Crippen molar-refractivity contribution in [2.45, 2.75) is 6.92 Å². The van der Waals surface area contributed by atoms with Crippen molar-refractivity contribution in [1.29, 1.82) is 0 Å². The van der Waals surface area contributed by atoms with E-state index in [1.165, 1.54) is 41.3 Å². The number of phenolic OH excluding ortho intramolecular Hbond substituents is 1. The summed E-state index contributed by atoms with van der Waals surface area (Å²) in [6, 6.07) is 10.2. The Morgan fingerprint density at radius 3 is 2.45 bits per heavy atom. The number of nitrogens with zero attached hydrogens (tertiary/aromatic N) is 3. The van der Waals surface area contributed by atoms with Crippen LogP contribution in [0.2, 0.25) is 10.0 Å². The highest BCUT2D eigenvalue weighted by atomic mass is 35.5. The van der Waals surface area contributed by atoms with Crippen molar-refractivity contribution in [1.82, 2.24) is 14.7 Å². The largest absolute Gasteiger partial charge is 0.505 e. The number of carbonyl (C=O) groups is 2. The monoisotopic (exact) mass is 460 g/mol. The van der Waals surface area contributed by atoms with Gasteiger partial charge in [0, 0.05) is 20.2 Å². The van der Waals surface area contributed by atoms with Crippen LogP contribution in [0.15, 0.2) is 47.3 Å². The van der Waals surface area contributed by atoms with E-state index >= 15 is 0 Å². The molecule has 2 N–H and O–H groups in total. The third-order valence-corrected chi connectivity index (χ3v) is 5.14. The molecule has 0 aliphatic heterocycles. The Balaban J connectivity index is 2.00. The van der Waals surface area contributed by atoms with Gasteiger partial charge in [-0.3, -0.25) is 14.4 Å². The number of amides is 2. The Labute approximate surface area is 187 Å². The van der Waals surface area contributed by atoms with Gasteiger partial charge >= 0.3 is 0 Å². The number of anilines is 1. The van der Waals surface area contributed by atoms with Gasteiger partial charge in [-0.15, -0.1) is 0 Å². The van der Waals surface area contributed by atoms with E-state index in [0.29, 0.717) is 16.3 Å². The molecule has 0 fully saturated rings. The van der Waals surface area contributed by atoms with Gasteiger partial charge in [-0.1, -0.05) is 29.3 Å². The normalized spacial score (nSPS) is 10.6. The van der Waals surface area contributed by atoms with Crippen LogP contribution < -0.4 is 10.9 Å². The molecule has 1 heterocycles. The lowest BCUT2D eigenvalue weighted by molar-refractivity contribution is 0.0824. The maximum absolute atomic E-state index is 12.9. The van der Waals surface area contributed by atoms with E-state index in [9.17, 15) is 19.5 Å². The molecule has 10 heteroatoms. The van der Waals surface area contributed by atoms with Crippen LogP contribution in [0.5, 0.6) is 5.75 Å². The molecule has 0 spiro atoms. The third kappa shape index (κ3) is 4.55. The number of aryl methyl sites for hydroxylation is 1. The number of hydrogen-bond acceptors (Lipinski definition) is 5. The Kier molecular flexibility index (Phi) is 6.33. The Morgan fingerprint density at radius 2 is 1.81 bits per heavy atom. The SMILES string of the molecule is Cc1cc(=O)n(-c2ccc(Cl)c(Cl)c2)nc1C(=O)Nc1cccc(C(=O)N(C)C)c1O. The van der Waals surface area contributed by atoms with E-state index < -0.39 is 17.4 Å². The molecule has 0 aliphatic carbocycles. The standard InChI is InChI=1S/C21H18Cl2N4O4/c1-11-9-17(28)27(12-7-8-14(22)15(23)10-12)25-18(11)20(30)24-16-6-4-5-13(19(16)29)21(31)26(2)3/h4-10,29H,1-3H3,(H,24,30). The van der Waals surface area contributed by atoms with Crippen LogP contribution in [-0.4, -0.2) is 45.7 Å². The van der Waals surface area contributed by atoms with Crippen molar-refractivity contribution in [3.8, 4) is 11.4 Å². The summed E-state index contributed by atoms with van der Waals surface area (Å²) in [5, 5.41) is 17.7. The predicted molar refractivity (Wildman–Crippen MR) is 119 cm³/mol. The average molecular weight is 461 g/mol. The molecular weight excluding hydrogens is 443 g/mol. The molecule has 3 aromatic rings. The molecule has 160 valence electrons. The summed E-state index contributed by atoms with van der Waals surface area (Å²) < 4.78 is 1.02. The Hall–Kier alpha value is -3.36. The van der Waals surface area contributed by atoms with E-state index in [2.05, 4.69) is 10.4 Å². The summed E-state index contributed by atoms with van der Waals surface area (Å²) in [6.45, 7) is 1.56. The lowest BCUT2D eigenvalue weighted by Crippen LogP contribution is -2.27. The van der Waals surface area contributed by atoms with Crippen LogP contribution in [0.25, 0.3) is 5.69 Å². The fraction of sp³-hybridized carbons (Fsp3) is 0.143. The van der Waals surface area contributed by atoms with Crippen molar-refractivity contribution in [3.05, 3.63) is 79.7 Å². The van der Waals surface area contributed by atoms with Gasteiger partial charge in [-0.05, 0) is 42.8 Å². The van der Waals surface area contributed by atoms with Crippen LogP contribution >= 0.6 is 23.2 Å². The van der Waals surface area contributed by atoms with Gasteiger partial charge in [0.05, 0.1) is 27.0 Å². The van der Waals surface area contributed by atoms with E-state index in [1.54, 1.807) is 27.1 Å². The van der Waals surface area contributed by atoms with Crippen molar-refractivity contribution in [2.24, 2.45) is 0 Å². The second kappa shape index (κ2) is 8.79.